The number of hydrogen-bond donors (Lipinski definition) is 0. The minimum atomic E-state index is -0.220. The van der Waals surface area contributed by atoms with Crippen molar-refractivity contribution < 1.29 is 0 Å². The zero-order valence-electron chi connectivity index (χ0n) is 29.5. The van der Waals surface area contributed by atoms with E-state index < -0.39 is 0 Å². The lowest BCUT2D eigenvalue weighted by Gasteiger charge is -2.42. The standard InChI is InChI=1S/C48H35N5/c1-48(2)39-23-13-15-25-42(39)53(35-20-10-5-11-21-35)44-30-38-37-22-12-14-24-41(37)52(43(38)31-40(44)48)36-28-26-34(27-29-36)47-50-45(32-16-6-3-7-17-32)49-46(51-47)33-18-8-4-9-19-33/h3-31H,1-2H3. The number of hydrogen-bond acceptors (Lipinski definition) is 4. The van der Waals surface area contributed by atoms with E-state index in [0.717, 1.165) is 33.6 Å². The van der Waals surface area contributed by atoms with Crippen molar-refractivity contribution in [1.82, 2.24) is 19.5 Å². The summed E-state index contributed by atoms with van der Waals surface area (Å²) in [7, 11) is 0. The molecular formula is C48H35N5. The summed E-state index contributed by atoms with van der Waals surface area (Å²) < 4.78 is 2.40. The first-order valence-electron chi connectivity index (χ1n) is 18.0. The van der Waals surface area contributed by atoms with Crippen molar-refractivity contribution >= 4 is 38.9 Å². The van der Waals surface area contributed by atoms with Gasteiger partial charge in [-0.2, -0.15) is 0 Å². The van der Waals surface area contributed by atoms with Gasteiger partial charge >= 0.3 is 0 Å². The van der Waals surface area contributed by atoms with Crippen LogP contribution in [0.3, 0.4) is 0 Å². The molecule has 5 heteroatoms. The van der Waals surface area contributed by atoms with Gasteiger partial charge in [-0.1, -0.05) is 129 Å². The van der Waals surface area contributed by atoms with Gasteiger partial charge in [-0.15, -0.1) is 0 Å². The first kappa shape index (κ1) is 30.9. The van der Waals surface area contributed by atoms with Gasteiger partial charge in [-0.05, 0) is 71.8 Å². The molecule has 0 amide bonds. The average Bonchev–Trinajstić information content (AvgIpc) is 3.55. The average molecular weight is 682 g/mol. The molecule has 0 radical (unpaired) electrons. The van der Waals surface area contributed by atoms with Crippen molar-refractivity contribution in [2.24, 2.45) is 0 Å². The lowest BCUT2D eigenvalue weighted by Crippen LogP contribution is -2.30. The fourth-order valence-corrected chi connectivity index (χ4v) is 7.99. The van der Waals surface area contributed by atoms with Crippen molar-refractivity contribution in [3.05, 3.63) is 187 Å². The predicted molar refractivity (Wildman–Crippen MR) is 217 cm³/mol. The second-order valence-electron chi connectivity index (χ2n) is 14.1. The molecule has 0 bridgehead atoms. The molecule has 0 unspecified atom stereocenters. The highest BCUT2D eigenvalue weighted by molar-refractivity contribution is 6.11. The summed E-state index contributed by atoms with van der Waals surface area (Å²) in [6.45, 7) is 4.70. The van der Waals surface area contributed by atoms with E-state index in [0.29, 0.717) is 17.5 Å². The molecular weight excluding hydrogens is 647 g/mol. The summed E-state index contributed by atoms with van der Waals surface area (Å²) in [6, 6.07) is 62.0. The van der Waals surface area contributed by atoms with Crippen LogP contribution in [0.1, 0.15) is 25.0 Å². The van der Waals surface area contributed by atoms with Gasteiger partial charge in [0.25, 0.3) is 0 Å². The second kappa shape index (κ2) is 12.1. The van der Waals surface area contributed by atoms with E-state index >= 15 is 0 Å². The predicted octanol–water partition coefficient (Wildman–Crippen LogP) is 12.1. The number of nitrogens with zero attached hydrogens (tertiary/aromatic N) is 5. The molecule has 0 saturated heterocycles. The van der Waals surface area contributed by atoms with E-state index in [9.17, 15) is 0 Å². The number of rotatable bonds is 5. The third kappa shape index (κ3) is 5.04. The molecule has 0 fully saturated rings. The SMILES string of the molecule is CC1(C)c2ccccc2N(c2ccccc2)c2cc3c4ccccc4n(-c4ccc(-c5nc(-c6ccccc6)nc(-c6ccccc6)n5)cc4)c3cc21. The Morgan fingerprint density at radius 1 is 0.396 bits per heavy atom. The maximum Gasteiger partial charge on any atom is 0.164 e. The normalized spacial score (nSPS) is 13.2. The number of anilines is 3. The van der Waals surface area contributed by atoms with Crippen molar-refractivity contribution in [3.63, 3.8) is 0 Å². The van der Waals surface area contributed by atoms with Gasteiger partial charge < -0.3 is 9.47 Å². The van der Waals surface area contributed by atoms with Crippen LogP contribution in [0.4, 0.5) is 17.1 Å². The Labute approximate surface area is 308 Å². The van der Waals surface area contributed by atoms with Gasteiger partial charge in [-0.3, -0.25) is 0 Å². The first-order valence-corrected chi connectivity index (χ1v) is 18.0. The van der Waals surface area contributed by atoms with Crippen LogP contribution in [0.5, 0.6) is 0 Å². The summed E-state index contributed by atoms with van der Waals surface area (Å²) in [5.74, 6) is 1.95. The zero-order chi connectivity index (χ0) is 35.5. The minimum Gasteiger partial charge on any atom is -0.310 e. The Bertz CT molecular complexity index is 2730. The number of aromatic nitrogens is 4. The Kier molecular flexibility index (Phi) is 7.08. The molecule has 0 spiro atoms. The monoisotopic (exact) mass is 681 g/mol. The van der Waals surface area contributed by atoms with Crippen LogP contribution in [0.15, 0.2) is 176 Å². The molecule has 0 saturated carbocycles. The Hall–Kier alpha value is -6.85. The van der Waals surface area contributed by atoms with Crippen LogP contribution in [0.25, 0.3) is 61.7 Å². The highest BCUT2D eigenvalue weighted by Crippen LogP contribution is 2.53. The molecule has 0 atom stereocenters. The van der Waals surface area contributed by atoms with Crippen molar-refractivity contribution in [3.8, 4) is 39.9 Å². The fourth-order valence-electron chi connectivity index (χ4n) is 7.99. The first-order chi connectivity index (χ1) is 26.0. The third-order valence-electron chi connectivity index (χ3n) is 10.6. The van der Waals surface area contributed by atoms with Crippen LogP contribution in [-0.4, -0.2) is 19.5 Å². The van der Waals surface area contributed by atoms with Gasteiger partial charge in [0, 0.05) is 44.3 Å². The summed E-state index contributed by atoms with van der Waals surface area (Å²) in [5, 5.41) is 2.44. The van der Waals surface area contributed by atoms with E-state index in [4.69, 9.17) is 15.0 Å². The molecule has 0 N–H and O–H groups in total. The second-order valence-corrected chi connectivity index (χ2v) is 14.1. The Balaban J connectivity index is 1.15. The van der Waals surface area contributed by atoms with Gasteiger partial charge in [0.15, 0.2) is 17.5 Å². The van der Waals surface area contributed by atoms with Crippen molar-refractivity contribution in [1.29, 1.82) is 0 Å². The van der Waals surface area contributed by atoms with Crippen LogP contribution in [-0.2, 0) is 5.41 Å². The van der Waals surface area contributed by atoms with E-state index in [1.165, 1.54) is 38.8 Å². The Morgan fingerprint density at radius 2 is 0.925 bits per heavy atom. The van der Waals surface area contributed by atoms with E-state index in [2.05, 4.69) is 139 Å². The Morgan fingerprint density at radius 3 is 1.57 bits per heavy atom. The molecule has 0 aliphatic carbocycles. The van der Waals surface area contributed by atoms with Crippen LogP contribution < -0.4 is 4.90 Å². The molecule has 10 rings (SSSR count). The zero-order valence-corrected chi connectivity index (χ0v) is 29.5. The van der Waals surface area contributed by atoms with Crippen LogP contribution in [0.2, 0.25) is 0 Å². The quantitative estimate of drug-likeness (QED) is 0.181. The fraction of sp³-hybridized carbons (Fsp3) is 0.0625. The number of para-hydroxylation sites is 3. The summed E-state index contributed by atoms with van der Waals surface area (Å²) in [6.07, 6.45) is 0. The lowest BCUT2D eigenvalue weighted by molar-refractivity contribution is 0.632. The molecule has 3 heterocycles. The molecule has 5 nitrogen and oxygen atoms in total. The lowest BCUT2D eigenvalue weighted by atomic mass is 9.73. The highest BCUT2D eigenvalue weighted by Gasteiger charge is 2.37. The van der Waals surface area contributed by atoms with Crippen molar-refractivity contribution in [2.75, 3.05) is 4.90 Å². The molecule has 7 aromatic carbocycles. The molecule has 9 aromatic rings. The molecule has 53 heavy (non-hydrogen) atoms. The minimum absolute atomic E-state index is 0.220. The third-order valence-corrected chi connectivity index (χ3v) is 10.6. The molecule has 252 valence electrons. The number of benzene rings is 7. The van der Waals surface area contributed by atoms with Crippen LogP contribution >= 0.6 is 0 Å². The van der Waals surface area contributed by atoms with Gasteiger partial charge in [0.1, 0.15) is 0 Å². The largest absolute Gasteiger partial charge is 0.310 e. The van der Waals surface area contributed by atoms with E-state index in [1.54, 1.807) is 0 Å². The van der Waals surface area contributed by atoms with Crippen molar-refractivity contribution in [2.45, 2.75) is 19.3 Å². The molecule has 1 aliphatic heterocycles. The molecule has 1 aliphatic rings. The maximum absolute atomic E-state index is 4.97. The van der Waals surface area contributed by atoms with E-state index in [1.807, 2.05) is 60.7 Å². The van der Waals surface area contributed by atoms with E-state index in [-0.39, 0.29) is 5.41 Å². The van der Waals surface area contributed by atoms with Gasteiger partial charge in [0.2, 0.25) is 0 Å². The molecule has 2 aromatic heterocycles. The topological polar surface area (TPSA) is 46.8 Å². The summed E-state index contributed by atoms with van der Waals surface area (Å²) in [4.78, 5) is 17.3. The smallest absolute Gasteiger partial charge is 0.164 e. The van der Waals surface area contributed by atoms with Crippen LogP contribution in [0, 0.1) is 0 Å². The highest BCUT2D eigenvalue weighted by atomic mass is 15.2. The van der Waals surface area contributed by atoms with Gasteiger partial charge in [0.05, 0.1) is 22.4 Å². The number of fused-ring (bicyclic) bond motifs is 5. The van der Waals surface area contributed by atoms with Gasteiger partial charge in [-0.25, -0.2) is 15.0 Å². The maximum atomic E-state index is 4.97. The summed E-state index contributed by atoms with van der Waals surface area (Å²) >= 11 is 0. The summed E-state index contributed by atoms with van der Waals surface area (Å²) in [5.41, 5.74) is 12.2.